The molecule has 0 aliphatic carbocycles. The Hall–Kier alpha value is -2.80. The molecule has 0 spiro atoms. The standard InChI is InChI=1S/C21H24FN3O3/c1-24(21(26)23-16-8-9-19-20(11-16)28-14-27-19)17-6-4-10-25(13-17)12-15-5-2-3-7-18(15)22/h2-3,5,7-9,11,17H,4,6,10,12-14H2,1H3,(H,23,26)/t17-/m0/s1. The van der Waals surface area contributed by atoms with E-state index in [0.717, 1.165) is 25.9 Å². The van der Waals surface area contributed by atoms with Crippen LogP contribution in [0.5, 0.6) is 11.5 Å². The van der Waals surface area contributed by atoms with E-state index in [1.165, 1.54) is 6.07 Å². The summed E-state index contributed by atoms with van der Waals surface area (Å²) in [7, 11) is 1.81. The molecular formula is C21H24FN3O3. The van der Waals surface area contributed by atoms with Gasteiger partial charge in [0.1, 0.15) is 5.82 Å². The molecule has 1 saturated heterocycles. The number of likely N-dealkylation sites (N-methyl/N-ethyl adjacent to an activating group) is 1. The first kappa shape index (κ1) is 18.6. The number of nitrogens with zero attached hydrogens (tertiary/aromatic N) is 2. The van der Waals surface area contributed by atoms with Crippen molar-refractivity contribution < 1.29 is 18.7 Å². The summed E-state index contributed by atoms with van der Waals surface area (Å²) in [4.78, 5) is 16.6. The number of hydrogen-bond acceptors (Lipinski definition) is 4. The van der Waals surface area contributed by atoms with Crippen molar-refractivity contribution in [1.29, 1.82) is 0 Å². The zero-order chi connectivity index (χ0) is 19.5. The Morgan fingerprint density at radius 2 is 2.07 bits per heavy atom. The summed E-state index contributed by atoms with van der Waals surface area (Å²) >= 11 is 0. The van der Waals surface area contributed by atoms with Gasteiger partial charge in [-0.25, -0.2) is 9.18 Å². The van der Waals surface area contributed by atoms with Gasteiger partial charge in [0.25, 0.3) is 0 Å². The van der Waals surface area contributed by atoms with Gasteiger partial charge in [-0.3, -0.25) is 4.90 Å². The maximum Gasteiger partial charge on any atom is 0.321 e. The van der Waals surface area contributed by atoms with E-state index in [4.69, 9.17) is 9.47 Å². The van der Waals surface area contributed by atoms with Crippen LogP contribution in [0.15, 0.2) is 42.5 Å². The van der Waals surface area contributed by atoms with Gasteiger partial charge in [0, 0.05) is 43.5 Å². The Kier molecular flexibility index (Phi) is 5.34. The largest absolute Gasteiger partial charge is 0.454 e. The molecule has 0 saturated carbocycles. The minimum Gasteiger partial charge on any atom is -0.454 e. The van der Waals surface area contributed by atoms with E-state index in [9.17, 15) is 9.18 Å². The number of piperidine rings is 1. The van der Waals surface area contributed by atoms with E-state index < -0.39 is 0 Å². The second kappa shape index (κ2) is 8.06. The number of ether oxygens (including phenoxy) is 2. The highest BCUT2D eigenvalue weighted by Gasteiger charge is 2.27. The molecule has 1 fully saturated rings. The Morgan fingerprint density at radius 3 is 2.93 bits per heavy atom. The molecule has 2 aromatic rings. The Bertz CT molecular complexity index is 861. The van der Waals surface area contributed by atoms with E-state index in [-0.39, 0.29) is 24.7 Å². The number of halogens is 1. The molecule has 148 valence electrons. The first-order valence-corrected chi connectivity index (χ1v) is 9.49. The fourth-order valence-corrected chi connectivity index (χ4v) is 3.71. The van der Waals surface area contributed by atoms with Crippen molar-refractivity contribution in [3.8, 4) is 11.5 Å². The summed E-state index contributed by atoms with van der Waals surface area (Å²) in [5.41, 5.74) is 1.36. The fraction of sp³-hybridized carbons (Fsp3) is 0.381. The van der Waals surface area contributed by atoms with E-state index >= 15 is 0 Å². The van der Waals surface area contributed by atoms with Gasteiger partial charge in [-0.15, -0.1) is 0 Å². The van der Waals surface area contributed by atoms with Gasteiger partial charge in [0.15, 0.2) is 11.5 Å². The second-order valence-electron chi connectivity index (χ2n) is 7.23. The number of carbonyl (C=O) groups is 1. The molecule has 7 heteroatoms. The van der Waals surface area contributed by atoms with Gasteiger partial charge in [-0.1, -0.05) is 18.2 Å². The molecule has 2 heterocycles. The second-order valence-corrected chi connectivity index (χ2v) is 7.23. The molecule has 1 atom stereocenters. The lowest BCUT2D eigenvalue weighted by Crippen LogP contribution is -2.49. The minimum absolute atomic E-state index is 0.0783. The van der Waals surface area contributed by atoms with Gasteiger partial charge in [-0.05, 0) is 37.6 Å². The number of benzene rings is 2. The van der Waals surface area contributed by atoms with Crippen molar-refractivity contribution in [3.63, 3.8) is 0 Å². The molecule has 2 aromatic carbocycles. The van der Waals surface area contributed by atoms with Crippen molar-refractivity contribution >= 4 is 11.7 Å². The number of hydrogen-bond donors (Lipinski definition) is 1. The maximum atomic E-state index is 13.9. The first-order chi connectivity index (χ1) is 13.6. The monoisotopic (exact) mass is 385 g/mol. The fourth-order valence-electron chi connectivity index (χ4n) is 3.71. The summed E-state index contributed by atoms with van der Waals surface area (Å²) in [6.45, 7) is 2.38. The summed E-state index contributed by atoms with van der Waals surface area (Å²) in [6.07, 6.45) is 1.90. The number of rotatable bonds is 4. The number of urea groups is 1. The molecule has 0 aromatic heterocycles. The normalized spacial score (nSPS) is 18.7. The quantitative estimate of drug-likeness (QED) is 0.872. The van der Waals surface area contributed by atoms with E-state index in [2.05, 4.69) is 10.2 Å². The predicted octanol–water partition coefficient (Wildman–Crippen LogP) is 3.68. The molecule has 28 heavy (non-hydrogen) atoms. The van der Waals surface area contributed by atoms with Crippen LogP contribution in [0.1, 0.15) is 18.4 Å². The maximum absolute atomic E-state index is 13.9. The van der Waals surface area contributed by atoms with Crippen LogP contribution >= 0.6 is 0 Å². The van der Waals surface area contributed by atoms with Crippen LogP contribution in [0.25, 0.3) is 0 Å². The smallest absolute Gasteiger partial charge is 0.321 e. The summed E-state index contributed by atoms with van der Waals surface area (Å²) < 4.78 is 24.6. The molecule has 1 N–H and O–H groups in total. The van der Waals surface area contributed by atoms with Crippen LogP contribution in [0.2, 0.25) is 0 Å². The molecule has 0 radical (unpaired) electrons. The number of anilines is 1. The first-order valence-electron chi connectivity index (χ1n) is 9.49. The van der Waals surface area contributed by atoms with Crippen molar-refractivity contribution in [2.75, 3.05) is 32.2 Å². The third kappa shape index (κ3) is 4.04. The lowest BCUT2D eigenvalue weighted by atomic mass is 10.0. The lowest BCUT2D eigenvalue weighted by molar-refractivity contribution is 0.126. The average Bonchev–Trinajstić information content (AvgIpc) is 3.17. The molecule has 2 aliphatic rings. The number of carbonyl (C=O) groups excluding carboxylic acids is 1. The van der Waals surface area contributed by atoms with Crippen LogP contribution in [0, 0.1) is 5.82 Å². The van der Waals surface area contributed by atoms with Crippen molar-refractivity contribution in [1.82, 2.24) is 9.80 Å². The summed E-state index contributed by atoms with van der Waals surface area (Å²) in [5.74, 6) is 1.13. The van der Waals surface area contributed by atoms with Gasteiger partial charge in [0.2, 0.25) is 6.79 Å². The van der Waals surface area contributed by atoms with Crippen molar-refractivity contribution in [2.45, 2.75) is 25.4 Å². The third-order valence-corrected chi connectivity index (χ3v) is 5.32. The lowest BCUT2D eigenvalue weighted by Gasteiger charge is -2.37. The van der Waals surface area contributed by atoms with Gasteiger partial charge in [0.05, 0.1) is 0 Å². The van der Waals surface area contributed by atoms with Gasteiger partial charge in [-0.2, -0.15) is 0 Å². The zero-order valence-corrected chi connectivity index (χ0v) is 15.9. The van der Waals surface area contributed by atoms with Crippen LogP contribution in [-0.4, -0.2) is 48.8 Å². The van der Waals surface area contributed by atoms with Gasteiger partial charge < -0.3 is 19.7 Å². The Labute approximate surface area is 163 Å². The molecular weight excluding hydrogens is 361 g/mol. The van der Waals surface area contributed by atoms with E-state index in [1.807, 2.05) is 12.1 Å². The van der Waals surface area contributed by atoms with Crippen LogP contribution in [0.3, 0.4) is 0 Å². The van der Waals surface area contributed by atoms with Gasteiger partial charge >= 0.3 is 6.03 Å². The number of nitrogens with one attached hydrogen (secondary N) is 1. The number of fused-ring (bicyclic) bond motifs is 1. The SMILES string of the molecule is CN(C(=O)Nc1ccc2c(c1)OCO2)[C@H]1CCCN(Cc2ccccc2F)C1. The number of likely N-dealkylation sites (tertiary alicyclic amines) is 1. The van der Waals surface area contributed by atoms with E-state index in [0.29, 0.717) is 29.3 Å². The van der Waals surface area contributed by atoms with Crippen LogP contribution < -0.4 is 14.8 Å². The minimum atomic E-state index is -0.182. The topological polar surface area (TPSA) is 54.0 Å². The molecule has 0 unspecified atom stereocenters. The van der Waals surface area contributed by atoms with Crippen molar-refractivity contribution in [2.24, 2.45) is 0 Å². The number of amides is 2. The Morgan fingerprint density at radius 1 is 1.25 bits per heavy atom. The van der Waals surface area contributed by atoms with Crippen LogP contribution in [0.4, 0.5) is 14.9 Å². The zero-order valence-electron chi connectivity index (χ0n) is 15.9. The van der Waals surface area contributed by atoms with E-state index in [1.54, 1.807) is 36.2 Å². The van der Waals surface area contributed by atoms with Crippen molar-refractivity contribution in [3.05, 3.63) is 53.8 Å². The molecule has 6 nitrogen and oxygen atoms in total. The molecule has 2 aliphatic heterocycles. The Balaban J connectivity index is 1.36. The highest BCUT2D eigenvalue weighted by Crippen LogP contribution is 2.34. The highest BCUT2D eigenvalue weighted by atomic mass is 19.1. The van der Waals surface area contributed by atoms with Crippen LogP contribution in [-0.2, 0) is 6.54 Å². The molecule has 4 rings (SSSR count). The summed E-state index contributed by atoms with van der Waals surface area (Å²) in [6, 6.07) is 12.1. The highest BCUT2D eigenvalue weighted by molar-refractivity contribution is 5.89. The molecule has 0 bridgehead atoms. The summed E-state index contributed by atoms with van der Waals surface area (Å²) in [5, 5.41) is 2.92. The molecule has 2 amide bonds. The average molecular weight is 385 g/mol. The predicted molar refractivity (Wildman–Crippen MR) is 104 cm³/mol. The third-order valence-electron chi connectivity index (χ3n) is 5.32.